The molecule has 0 aliphatic carbocycles. The number of nitrogens with zero attached hydrogens (tertiary/aromatic N) is 2. The third-order valence-corrected chi connectivity index (χ3v) is 3.27. The van der Waals surface area contributed by atoms with Gasteiger partial charge in [0.2, 0.25) is 0 Å². The molecule has 5 heteroatoms. The van der Waals surface area contributed by atoms with E-state index in [-0.39, 0.29) is 0 Å². The van der Waals surface area contributed by atoms with E-state index in [4.69, 9.17) is 4.42 Å². The topological polar surface area (TPSA) is 63.0 Å². The lowest BCUT2D eigenvalue weighted by Gasteiger charge is -2.15. The standard InChI is InChI=1S/C16H24N4O/c1-5-17-15-12(4)16(20-14(19-15)11(2)3)18-9-8-13-7-6-10-21-13/h6-7,10-11H,5,8-9H2,1-4H3,(H2,17,18,19,20). The molecule has 0 spiro atoms. The molecule has 0 saturated heterocycles. The van der Waals surface area contributed by atoms with Gasteiger partial charge in [-0.05, 0) is 26.0 Å². The van der Waals surface area contributed by atoms with Crippen molar-refractivity contribution in [1.82, 2.24) is 9.97 Å². The molecule has 2 N–H and O–H groups in total. The molecule has 0 amide bonds. The number of hydrogen-bond acceptors (Lipinski definition) is 5. The van der Waals surface area contributed by atoms with Gasteiger partial charge in [-0.15, -0.1) is 0 Å². The van der Waals surface area contributed by atoms with E-state index in [1.54, 1.807) is 6.26 Å². The van der Waals surface area contributed by atoms with E-state index in [0.717, 1.165) is 48.3 Å². The van der Waals surface area contributed by atoms with E-state index in [0.29, 0.717) is 5.92 Å². The SMILES string of the molecule is CCNc1nc(C(C)C)nc(NCCc2ccco2)c1C. The van der Waals surface area contributed by atoms with E-state index in [9.17, 15) is 0 Å². The van der Waals surface area contributed by atoms with E-state index >= 15 is 0 Å². The lowest BCUT2D eigenvalue weighted by molar-refractivity contribution is 0.513. The Bertz CT molecular complexity index is 564. The fourth-order valence-electron chi connectivity index (χ4n) is 2.06. The Hall–Kier alpha value is -2.04. The van der Waals surface area contributed by atoms with Crippen LogP contribution in [0.15, 0.2) is 22.8 Å². The van der Waals surface area contributed by atoms with Gasteiger partial charge in [0, 0.05) is 31.0 Å². The second-order valence-electron chi connectivity index (χ2n) is 5.35. The molecule has 2 heterocycles. The van der Waals surface area contributed by atoms with Gasteiger partial charge in [0.25, 0.3) is 0 Å². The quantitative estimate of drug-likeness (QED) is 0.815. The minimum atomic E-state index is 0.300. The molecule has 2 aromatic heterocycles. The first-order valence-electron chi connectivity index (χ1n) is 7.50. The maximum Gasteiger partial charge on any atom is 0.135 e. The average molecular weight is 288 g/mol. The van der Waals surface area contributed by atoms with Crippen molar-refractivity contribution < 1.29 is 4.42 Å². The summed E-state index contributed by atoms with van der Waals surface area (Å²) in [5.74, 6) is 3.95. The molecule has 2 rings (SSSR count). The van der Waals surface area contributed by atoms with Crippen LogP contribution >= 0.6 is 0 Å². The number of rotatable bonds is 7. The molecular formula is C16H24N4O. The summed E-state index contributed by atoms with van der Waals surface area (Å²) in [6.07, 6.45) is 2.54. The largest absolute Gasteiger partial charge is 0.469 e. The van der Waals surface area contributed by atoms with Gasteiger partial charge in [-0.2, -0.15) is 0 Å². The first-order chi connectivity index (χ1) is 10.1. The molecule has 0 saturated carbocycles. The van der Waals surface area contributed by atoms with Crippen LogP contribution in [0.4, 0.5) is 11.6 Å². The summed E-state index contributed by atoms with van der Waals surface area (Å²) in [5.41, 5.74) is 1.06. The van der Waals surface area contributed by atoms with Crippen molar-refractivity contribution in [3.63, 3.8) is 0 Å². The Kier molecular flexibility index (Phi) is 5.20. The Balaban J connectivity index is 2.12. The number of anilines is 2. The zero-order valence-electron chi connectivity index (χ0n) is 13.2. The molecule has 0 unspecified atom stereocenters. The van der Waals surface area contributed by atoms with Crippen LogP contribution in [0.2, 0.25) is 0 Å². The summed E-state index contributed by atoms with van der Waals surface area (Å²) in [6, 6.07) is 3.89. The normalized spacial score (nSPS) is 10.9. The van der Waals surface area contributed by atoms with Crippen LogP contribution in [0.5, 0.6) is 0 Å². The molecule has 0 fully saturated rings. The van der Waals surface area contributed by atoms with Gasteiger partial charge in [-0.3, -0.25) is 0 Å². The van der Waals surface area contributed by atoms with Crippen LogP contribution in [0, 0.1) is 6.92 Å². The monoisotopic (exact) mass is 288 g/mol. The zero-order valence-corrected chi connectivity index (χ0v) is 13.2. The van der Waals surface area contributed by atoms with Crippen molar-refractivity contribution in [2.24, 2.45) is 0 Å². The van der Waals surface area contributed by atoms with Gasteiger partial charge in [0.1, 0.15) is 23.2 Å². The fourth-order valence-corrected chi connectivity index (χ4v) is 2.06. The van der Waals surface area contributed by atoms with Crippen molar-refractivity contribution >= 4 is 11.6 Å². The Morgan fingerprint density at radius 1 is 1.19 bits per heavy atom. The van der Waals surface area contributed by atoms with E-state index < -0.39 is 0 Å². The molecule has 21 heavy (non-hydrogen) atoms. The highest BCUT2D eigenvalue weighted by Gasteiger charge is 2.12. The summed E-state index contributed by atoms with van der Waals surface area (Å²) in [4.78, 5) is 9.24. The van der Waals surface area contributed by atoms with Gasteiger partial charge < -0.3 is 15.1 Å². The van der Waals surface area contributed by atoms with Gasteiger partial charge >= 0.3 is 0 Å². The molecular weight excluding hydrogens is 264 g/mol. The number of aromatic nitrogens is 2. The Labute approximate surface area is 126 Å². The highest BCUT2D eigenvalue weighted by Crippen LogP contribution is 2.23. The molecule has 0 aromatic carbocycles. The van der Waals surface area contributed by atoms with E-state index in [1.165, 1.54) is 0 Å². The predicted octanol–water partition coefficient (Wildman–Crippen LogP) is 3.59. The maximum absolute atomic E-state index is 5.34. The van der Waals surface area contributed by atoms with E-state index in [2.05, 4.69) is 41.4 Å². The van der Waals surface area contributed by atoms with Crippen molar-refractivity contribution in [3.8, 4) is 0 Å². The lowest BCUT2D eigenvalue weighted by atomic mass is 10.2. The second kappa shape index (κ2) is 7.11. The molecule has 0 aliphatic heterocycles. The van der Waals surface area contributed by atoms with Crippen LogP contribution < -0.4 is 10.6 Å². The van der Waals surface area contributed by atoms with Crippen LogP contribution in [0.3, 0.4) is 0 Å². The molecule has 0 aliphatic rings. The maximum atomic E-state index is 5.34. The average Bonchev–Trinajstić information content (AvgIpc) is 2.96. The van der Waals surface area contributed by atoms with Crippen LogP contribution in [0.1, 0.15) is 43.8 Å². The van der Waals surface area contributed by atoms with Crippen LogP contribution in [0.25, 0.3) is 0 Å². The Morgan fingerprint density at radius 2 is 1.90 bits per heavy atom. The van der Waals surface area contributed by atoms with Crippen LogP contribution in [-0.4, -0.2) is 23.1 Å². The summed E-state index contributed by atoms with van der Waals surface area (Å²) in [6.45, 7) is 9.95. The zero-order chi connectivity index (χ0) is 15.2. The molecule has 2 aromatic rings. The summed E-state index contributed by atoms with van der Waals surface area (Å²) in [5, 5.41) is 6.70. The van der Waals surface area contributed by atoms with Crippen molar-refractivity contribution in [2.75, 3.05) is 23.7 Å². The third-order valence-electron chi connectivity index (χ3n) is 3.27. The molecule has 114 valence electrons. The molecule has 0 bridgehead atoms. The summed E-state index contributed by atoms with van der Waals surface area (Å²) < 4.78 is 5.34. The summed E-state index contributed by atoms with van der Waals surface area (Å²) >= 11 is 0. The minimum absolute atomic E-state index is 0.300. The smallest absolute Gasteiger partial charge is 0.135 e. The lowest BCUT2D eigenvalue weighted by Crippen LogP contribution is -2.13. The van der Waals surface area contributed by atoms with Gasteiger partial charge in [-0.25, -0.2) is 9.97 Å². The van der Waals surface area contributed by atoms with Crippen molar-refractivity contribution in [1.29, 1.82) is 0 Å². The highest BCUT2D eigenvalue weighted by molar-refractivity contribution is 5.57. The highest BCUT2D eigenvalue weighted by atomic mass is 16.3. The first kappa shape index (κ1) is 15.4. The summed E-state index contributed by atoms with van der Waals surface area (Å²) in [7, 11) is 0. The van der Waals surface area contributed by atoms with E-state index in [1.807, 2.05) is 19.1 Å². The third kappa shape index (κ3) is 3.97. The van der Waals surface area contributed by atoms with Gasteiger partial charge in [0.15, 0.2) is 0 Å². The molecule has 0 atom stereocenters. The van der Waals surface area contributed by atoms with Crippen molar-refractivity contribution in [2.45, 2.75) is 40.0 Å². The second-order valence-corrected chi connectivity index (χ2v) is 5.35. The van der Waals surface area contributed by atoms with Gasteiger partial charge in [0.05, 0.1) is 6.26 Å². The van der Waals surface area contributed by atoms with Gasteiger partial charge in [-0.1, -0.05) is 13.8 Å². The number of furan rings is 1. The predicted molar refractivity (Wildman–Crippen MR) is 85.9 cm³/mol. The number of hydrogen-bond donors (Lipinski definition) is 2. The number of nitrogens with one attached hydrogen (secondary N) is 2. The Morgan fingerprint density at radius 3 is 2.48 bits per heavy atom. The first-order valence-corrected chi connectivity index (χ1v) is 7.50. The van der Waals surface area contributed by atoms with Crippen LogP contribution in [-0.2, 0) is 6.42 Å². The minimum Gasteiger partial charge on any atom is -0.469 e. The molecule has 5 nitrogen and oxygen atoms in total. The van der Waals surface area contributed by atoms with Crippen molar-refractivity contribution in [3.05, 3.63) is 35.5 Å². The molecule has 0 radical (unpaired) electrons. The fraction of sp³-hybridized carbons (Fsp3) is 0.500.